The number of benzene rings is 1. The highest BCUT2D eigenvalue weighted by Crippen LogP contribution is 2.30. The van der Waals surface area contributed by atoms with Crippen LogP contribution in [0, 0.1) is 15.9 Å². The average Bonchev–Trinajstić information content (AvgIpc) is 2.89. The topological polar surface area (TPSA) is 98.9 Å². The average molecular weight is 285 g/mol. The minimum absolute atomic E-state index is 0.0610. The van der Waals surface area contributed by atoms with Crippen molar-refractivity contribution in [1.82, 2.24) is 0 Å². The van der Waals surface area contributed by atoms with Gasteiger partial charge in [0.15, 0.2) is 5.75 Å². The van der Waals surface area contributed by atoms with Gasteiger partial charge in [0.05, 0.1) is 22.7 Å². The number of nitro groups is 1. The molecular weight excluding hydrogens is 273 g/mol. The predicted octanol–water partition coefficient (Wildman–Crippen LogP) is 1.99. The van der Waals surface area contributed by atoms with Crippen molar-refractivity contribution in [2.75, 3.05) is 13.2 Å². The molecule has 7 nitrogen and oxygen atoms in total. The van der Waals surface area contributed by atoms with Gasteiger partial charge in [-0.25, -0.2) is 9.18 Å². The molecule has 1 unspecified atom stereocenters. The number of hydrogen-bond donors (Lipinski definition) is 1. The summed E-state index contributed by atoms with van der Waals surface area (Å²) in [4.78, 5) is 20.8. The molecule has 1 saturated heterocycles. The first-order chi connectivity index (χ1) is 9.49. The molecule has 1 aliphatic heterocycles. The van der Waals surface area contributed by atoms with Gasteiger partial charge in [-0.2, -0.15) is 0 Å². The van der Waals surface area contributed by atoms with Crippen LogP contribution >= 0.6 is 0 Å². The third-order valence-corrected chi connectivity index (χ3v) is 2.92. The van der Waals surface area contributed by atoms with Crippen LogP contribution in [-0.2, 0) is 4.74 Å². The van der Waals surface area contributed by atoms with E-state index in [4.69, 9.17) is 14.6 Å². The Balaban J connectivity index is 2.25. The lowest BCUT2D eigenvalue weighted by molar-refractivity contribution is -0.386. The maximum absolute atomic E-state index is 13.4. The summed E-state index contributed by atoms with van der Waals surface area (Å²) in [6.07, 6.45) is 1.45. The van der Waals surface area contributed by atoms with E-state index in [1.807, 2.05) is 0 Å². The van der Waals surface area contributed by atoms with Gasteiger partial charge in [-0.3, -0.25) is 10.1 Å². The zero-order chi connectivity index (χ0) is 14.7. The number of hydrogen-bond acceptors (Lipinski definition) is 5. The molecule has 20 heavy (non-hydrogen) atoms. The minimum atomic E-state index is -1.51. The summed E-state index contributed by atoms with van der Waals surface area (Å²) in [5.41, 5.74) is -1.27. The molecule has 0 bridgehead atoms. The van der Waals surface area contributed by atoms with Crippen molar-refractivity contribution >= 4 is 11.7 Å². The molecule has 0 aromatic heterocycles. The zero-order valence-corrected chi connectivity index (χ0v) is 10.4. The number of carboxylic acid groups (broad SMARTS) is 1. The number of nitrogens with zero attached hydrogens (tertiary/aromatic N) is 1. The highest BCUT2D eigenvalue weighted by Gasteiger charge is 2.24. The Morgan fingerprint density at radius 2 is 2.35 bits per heavy atom. The van der Waals surface area contributed by atoms with Crippen molar-refractivity contribution in [3.05, 3.63) is 33.6 Å². The standard InChI is InChI=1S/C12H12FNO6/c13-9-5-10(14(17)18)11(4-8(9)12(15)16)20-6-7-2-1-3-19-7/h4-5,7H,1-3,6H2,(H,15,16). The normalized spacial score (nSPS) is 17.9. The van der Waals surface area contributed by atoms with Crippen LogP contribution in [0.4, 0.5) is 10.1 Å². The van der Waals surface area contributed by atoms with Crippen molar-refractivity contribution in [2.45, 2.75) is 18.9 Å². The van der Waals surface area contributed by atoms with E-state index in [1.54, 1.807) is 0 Å². The zero-order valence-electron chi connectivity index (χ0n) is 10.4. The monoisotopic (exact) mass is 285 g/mol. The van der Waals surface area contributed by atoms with Crippen LogP contribution in [0.5, 0.6) is 5.75 Å². The highest BCUT2D eigenvalue weighted by molar-refractivity contribution is 5.89. The lowest BCUT2D eigenvalue weighted by Gasteiger charge is -2.12. The molecule has 108 valence electrons. The molecule has 1 atom stereocenters. The van der Waals surface area contributed by atoms with Gasteiger partial charge < -0.3 is 14.6 Å². The molecule has 1 N–H and O–H groups in total. The lowest BCUT2D eigenvalue weighted by atomic mass is 10.1. The van der Waals surface area contributed by atoms with E-state index in [0.29, 0.717) is 12.7 Å². The van der Waals surface area contributed by atoms with Crippen LogP contribution in [0.2, 0.25) is 0 Å². The Kier molecular flexibility index (Phi) is 4.14. The van der Waals surface area contributed by atoms with E-state index >= 15 is 0 Å². The van der Waals surface area contributed by atoms with Gasteiger partial charge in [0.2, 0.25) is 0 Å². The highest BCUT2D eigenvalue weighted by atomic mass is 19.1. The summed E-state index contributed by atoms with van der Waals surface area (Å²) in [5.74, 6) is -2.96. The largest absolute Gasteiger partial charge is 0.484 e. The van der Waals surface area contributed by atoms with Gasteiger partial charge in [-0.05, 0) is 12.8 Å². The SMILES string of the molecule is O=C(O)c1cc(OCC2CCCO2)c([N+](=O)[O-])cc1F. The van der Waals surface area contributed by atoms with Crippen LogP contribution in [0.15, 0.2) is 12.1 Å². The number of nitro benzene ring substituents is 1. The van der Waals surface area contributed by atoms with Crippen molar-refractivity contribution in [3.63, 3.8) is 0 Å². The molecule has 2 rings (SSSR count). The van der Waals surface area contributed by atoms with Crippen molar-refractivity contribution in [1.29, 1.82) is 0 Å². The van der Waals surface area contributed by atoms with Gasteiger partial charge in [-0.1, -0.05) is 0 Å². The second-order valence-electron chi connectivity index (χ2n) is 4.31. The van der Waals surface area contributed by atoms with Gasteiger partial charge in [0.25, 0.3) is 0 Å². The fourth-order valence-electron chi connectivity index (χ4n) is 1.92. The second kappa shape index (κ2) is 5.83. The first kappa shape index (κ1) is 14.2. The smallest absolute Gasteiger partial charge is 0.338 e. The molecule has 0 radical (unpaired) electrons. The van der Waals surface area contributed by atoms with E-state index in [9.17, 15) is 19.3 Å². The number of rotatable bonds is 5. The number of carbonyl (C=O) groups is 1. The summed E-state index contributed by atoms with van der Waals surface area (Å²) < 4.78 is 23.9. The summed E-state index contributed by atoms with van der Waals surface area (Å²) >= 11 is 0. The van der Waals surface area contributed by atoms with Crippen molar-refractivity contribution < 1.29 is 28.7 Å². The van der Waals surface area contributed by atoms with Crippen LogP contribution in [0.3, 0.4) is 0 Å². The molecule has 0 amide bonds. The molecule has 1 aliphatic rings. The van der Waals surface area contributed by atoms with Gasteiger partial charge in [0, 0.05) is 12.7 Å². The predicted molar refractivity (Wildman–Crippen MR) is 64.5 cm³/mol. The molecule has 8 heteroatoms. The first-order valence-corrected chi connectivity index (χ1v) is 5.94. The fraction of sp³-hybridized carbons (Fsp3) is 0.417. The fourth-order valence-corrected chi connectivity index (χ4v) is 1.92. The Labute approximate surface area is 113 Å². The van der Waals surface area contributed by atoms with Crippen LogP contribution in [-0.4, -0.2) is 35.3 Å². The van der Waals surface area contributed by atoms with E-state index < -0.39 is 28.0 Å². The molecule has 0 aliphatic carbocycles. The summed E-state index contributed by atoms with van der Waals surface area (Å²) in [6.45, 7) is 0.658. The summed E-state index contributed by atoms with van der Waals surface area (Å²) in [6, 6.07) is 1.37. The third kappa shape index (κ3) is 3.02. The third-order valence-electron chi connectivity index (χ3n) is 2.92. The molecular formula is C12H12FNO6. The minimum Gasteiger partial charge on any atom is -0.484 e. The molecule has 1 fully saturated rings. The maximum Gasteiger partial charge on any atom is 0.338 e. The van der Waals surface area contributed by atoms with E-state index in [-0.39, 0.29) is 18.5 Å². The van der Waals surface area contributed by atoms with E-state index in [2.05, 4.69) is 0 Å². The van der Waals surface area contributed by atoms with Gasteiger partial charge in [0.1, 0.15) is 12.4 Å². The maximum atomic E-state index is 13.4. The van der Waals surface area contributed by atoms with E-state index in [0.717, 1.165) is 18.9 Å². The molecule has 1 aromatic rings. The second-order valence-corrected chi connectivity index (χ2v) is 4.31. The van der Waals surface area contributed by atoms with Crippen LogP contribution < -0.4 is 4.74 Å². The lowest BCUT2D eigenvalue weighted by Crippen LogP contribution is -2.17. The Morgan fingerprint density at radius 1 is 1.60 bits per heavy atom. The van der Waals surface area contributed by atoms with Crippen molar-refractivity contribution in [2.24, 2.45) is 0 Å². The van der Waals surface area contributed by atoms with E-state index in [1.165, 1.54) is 0 Å². The number of halogens is 1. The summed E-state index contributed by atoms with van der Waals surface area (Å²) in [5, 5.41) is 19.6. The quantitative estimate of drug-likeness (QED) is 0.656. The van der Waals surface area contributed by atoms with Crippen LogP contribution in [0.1, 0.15) is 23.2 Å². The Morgan fingerprint density at radius 3 is 2.90 bits per heavy atom. The van der Waals surface area contributed by atoms with Crippen molar-refractivity contribution in [3.8, 4) is 5.75 Å². The molecule has 1 aromatic carbocycles. The van der Waals surface area contributed by atoms with Gasteiger partial charge in [-0.15, -0.1) is 0 Å². The number of aromatic carboxylic acids is 1. The summed E-state index contributed by atoms with van der Waals surface area (Å²) in [7, 11) is 0. The first-order valence-electron chi connectivity index (χ1n) is 5.94. The molecule has 1 heterocycles. The Bertz CT molecular complexity index is 541. The Hall–Kier alpha value is -2.22. The van der Waals surface area contributed by atoms with Crippen LogP contribution in [0.25, 0.3) is 0 Å². The number of ether oxygens (including phenoxy) is 2. The van der Waals surface area contributed by atoms with Gasteiger partial charge >= 0.3 is 11.7 Å². The molecule has 0 spiro atoms. The molecule has 0 saturated carbocycles. The number of carboxylic acids is 1.